The van der Waals surface area contributed by atoms with Crippen LogP contribution in [0.1, 0.15) is 52.3 Å². The SMILES string of the molecule is COC(=O)CCCN1C(=S)NC(c2ccccn2)C1c1ccc(-c2ccc(C(=O)O)cc2C)o1. The summed E-state index contributed by atoms with van der Waals surface area (Å²) in [6.07, 6.45) is 2.59. The third-order valence-electron chi connectivity index (χ3n) is 5.86. The van der Waals surface area contributed by atoms with Crippen LogP contribution in [0.15, 0.2) is 59.1 Å². The van der Waals surface area contributed by atoms with E-state index in [9.17, 15) is 14.7 Å². The van der Waals surface area contributed by atoms with Crippen LogP contribution >= 0.6 is 12.2 Å². The molecule has 0 spiro atoms. The normalized spacial score (nSPS) is 17.5. The number of carbonyl (C=O) groups excluding carboxylic acids is 1. The lowest BCUT2D eigenvalue weighted by molar-refractivity contribution is -0.140. The molecule has 176 valence electrons. The number of esters is 1. The minimum absolute atomic E-state index is 0.227. The molecular formula is C25H25N3O5S. The summed E-state index contributed by atoms with van der Waals surface area (Å²) in [6, 6.07) is 13.9. The van der Waals surface area contributed by atoms with Crippen molar-refractivity contribution in [3.63, 3.8) is 0 Å². The van der Waals surface area contributed by atoms with Crippen molar-refractivity contribution >= 4 is 29.3 Å². The summed E-state index contributed by atoms with van der Waals surface area (Å²) in [7, 11) is 1.37. The lowest BCUT2D eigenvalue weighted by atomic mass is 10.0. The van der Waals surface area contributed by atoms with Gasteiger partial charge in [-0.2, -0.15) is 0 Å². The molecule has 3 heterocycles. The van der Waals surface area contributed by atoms with Crippen LogP contribution in [0.5, 0.6) is 0 Å². The maximum absolute atomic E-state index is 11.6. The quantitative estimate of drug-likeness (QED) is 0.362. The minimum atomic E-state index is -0.971. The van der Waals surface area contributed by atoms with Crippen molar-refractivity contribution in [1.82, 2.24) is 15.2 Å². The van der Waals surface area contributed by atoms with Crippen molar-refractivity contribution in [3.05, 3.63) is 77.3 Å². The number of hydrogen-bond acceptors (Lipinski definition) is 6. The first-order valence-corrected chi connectivity index (χ1v) is 11.3. The van der Waals surface area contributed by atoms with Gasteiger partial charge in [0.1, 0.15) is 17.6 Å². The van der Waals surface area contributed by atoms with E-state index in [0.717, 1.165) is 16.8 Å². The number of carboxylic acids is 1. The molecule has 1 aliphatic rings. The molecule has 34 heavy (non-hydrogen) atoms. The van der Waals surface area contributed by atoms with Gasteiger partial charge in [0.25, 0.3) is 0 Å². The summed E-state index contributed by atoms with van der Waals surface area (Å²) in [6.45, 7) is 2.39. The van der Waals surface area contributed by atoms with E-state index < -0.39 is 5.97 Å². The number of pyridine rings is 1. The maximum Gasteiger partial charge on any atom is 0.335 e. The molecule has 9 heteroatoms. The molecule has 0 saturated carbocycles. The van der Waals surface area contributed by atoms with E-state index in [-0.39, 0.29) is 30.0 Å². The van der Waals surface area contributed by atoms with E-state index in [4.69, 9.17) is 21.4 Å². The lowest BCUT2D eigenvalue weighted by Crippen LogP contribution is -2.30. The Labute approximate surface area is 202 Å². The Kier molecular flexibility index (Phi) is 6.93. The fraction of sp³-hybridized carbons (Fsp3) is 0.280. The Morgan fingerprint density at radius 1 is 1.24 bits per heavy atom. The van der Waals surface area contributed by atoms with Gasteiger partial charge < -0.3 is 24.5 Å². The Bertz CT molecular complexity index is 1210. The number of nitrogens with one attached hydrogen (secondary N) is 1. The highest BCUT2D eigenvalue weighted by molar-refractivity contribution is 7.80. The summed E-state index contributed by atoms with van der Waals surface area (Å²) in [5, 5.41) is 13.2. The number of aromatic carboxylic acids is 1. The van der Waals surface area contributed by atoms with Gasteiger partial charge in [-0.25, -0.2) is 4.79 Å². The van der Waals surface area contributed by atoms with Crippen LogP contribution in [0.25, 0.3) is 11.3 Å². The molecule has 2 atom stereocenters. The van der Waals surface area contributed by atoms with E-state index >= 15 is 0 Å². The van der Waals surface area contributed by atoms with Crippen LogP contribution in [0, 0.1) is 6.92 Å². The second-order valence-electron chi connectivity index (χ2n) is 8.04. The highest BCUT2D eigenvalue weighted by atomic mass is 32.1. The topological polar surface area (TPSA) is 105 Å². The second-order valence-corrected chi connectivity index (χ2v) is 8.42. The molecule has 0 radical (unpaired) electrons. The first-order chi connectivity index (χ1) is 16.4. The lowest BCUT2D eigenvalue weighted by Gasteiger charge is -2.26. The van der Waals surface area contributed by atoms with Gasteiger partial charge in [-0.05, 0) is 67.5 Å². The molecule has 0 bridgehead atoms. The number of rotatable bonds is 8. The molecule has 1 fully saturated rings. The Morgan fingerprint density at radius 2 is 2.06 bits per heavy atom. The fourth-order valence-corrected chi connectivity index (χ4v) is 4.51. The van der Waals surface area contributed by atoms with E-state index in [1.807, 2.05) is 42.2 Å². The summed E-state index contributed by atoms with van der Waals surface area (Å²) in [5.74, 6) is 0.0897. The molecule has 0 amide bonds. The van der Waals surface area contributed by atoms with Gasteiger partial charge in [0.2, 0.25) is 0 Å². The predicted molar refractivity (Wildman–Crippen MR) is 129 cm³/mol. The second kappa shape index (κ2) is 10.0. The zero-order valence-electron chi connectivity index (χ0n) is 18.9. The van der Waals surface area contributed by atoms with Crippen molar-refractivity contribution in [2.45, 2.75) is 31.8 Å². The molecule has 4 rings (SSSR count). The molecular weight excluding hydrogens is 454 g/mol. The van der Waals surface area contributed by atoms with Crippen LogP contribution in [0.3, 0.4) is 0 Å². The highest BCUT2D eigenvalue weighted by Crippen LogP contribution is 2.41. The Morgan fingerprint density at radius 3 is 2.74 bits per heavy atom. The summed E-state index contributed by atoms with van der Waals surface area (Å²) >= 11 is 5.64. The first kappa shape index (κ1) is 23.4. The van der Waals surface area contributed by atoms with E-state index in [1.54, 1.807) is 24.4 Å². The number of ether oxygens (including phenoxy) is 1. The van der Waals surface area contributed by atoms with Crippen molar-refractivity contribution < 1.29 is 23.8 Å². The molecule has 3 aromatic rings. The Balaban J connectivity index is 1.66. The molecule has 8 nitrogen and oxygen atoms in total. The number of nitrogens with zero attached hydrogens (tertiary/aromatic N) is 2. The molecule has 2 unspecified atom stereocenters. The molecule has 0 aliphatic carbocycles. The number of furan rings is 1. The van der Waals surface area contributed by atoms with E-state index in [1.165, 1.54) is 7.11 Å². The standard InChI is InChI=1S/C25H25N3O5S/c1-15-14-16(24(30)31)8-9-17(15)19-10-11-20(33-19)23-22(18-6-3-4-12-26-18)27-25(34)28(23)13-5-7-21(29)32-2/h3-4,6,8-12,14,22-23H,5,7,13H2,1-2H3,(H,27,34)(H,30,31). The van der Waals surface area contributed by atoms with Gasteiger partial charge in [-0.1, -0.05) is 12.1 Å². The predicted octanol–water partition coefficient (Wildman–Crippen LogP) is 4.27. The van der Waals surface area contributed by atoms with E-state index in [0.29, 0.717) is 29.6 Å². The molecule has 2 aromatic heterocycles. The average Bonchev–Trinajstić information content (AvgIpc) is 3.44. The summed E-state index contributed by atoms with van der Waals surface area (Å²) < 4.78 is 11.1. The maximum atomic E-state index is 11.6. The van der Waals surface area contributed by atoms with Crippen LogP contribution < -0.4 is 5.32 Å². The van der Waals surface area contributed by atoms with Gasteiger partial charge in [-0.15, -0.1) is 0 Å². The number of carbonyl (C=O) groups is 2. The monoisotopic (exact) mass is 479 g/mol. The van der Waals surface area contributed by atoms with Crippen molar-refractivity contribution in [3.8, 4) is 11.3 Å². The van der Waals surface area contributed by atoms with Gasteiger partial charge in [0.15, 0.2) is 5.11 Å². The third kappa shape index (κ3) is 4.79. The number of aromatic nitrogens is 1. The van der Waals surface area contributed by atoms with Crippen LogP contribution in [0.4, 0.5) is 0 Å². The van der Waals surface area contributed by atoms with E-state index in [2.05, 4.69) is 10.3 Å². The molecule has 1 saturated heterocycles. The number of thiocarbonyl (C=S) groups is 1. The number of aryl methyl sites for hydroxylation is 1. The Hall–Kier alpha value is -3.72. The number of carboxylic acid groups (broad SMARTS) is 1. The van der Waals surface area contributed by atoms with Crippen molar-refractivity contribution in [1.29, 1.82) is 0 Å². The van der Waals surface area contributed by atoms with Crippen molar-refractivity contribution in [2.75, 3.05) is 13.7 Å². The fourth-order valence-electron chi connectivity index (χ4n) is 4.18. The largest absolute Gasteiger partial charge is 0.478 e. The van der Waals surface area contributed by atoms with Gasteiger partial charge in [0, 0.05) is 24.7 Å². The van der Waals surface area contributed by atoms with Gasteiger partial charge in [0.05, 0.1) is 24.4 Å². The van der Waals surface area contributed by atoms with Gasteiger partial charge >= 0.3 is 11.9 Å². The smallest absolute Gasteiger partial charge is 0.335 e. The average molecular weight is 480 g/mol. The van der Waals surface area contributed by atoms with Gasteiger partial charge in [-0.3, -0.25) is 9.78 Å². The highest BCUT2D eigenvalue weighted by Gasteiger charge is 2.41. The summed E-state index contributed by atoms with van der Waals surface area (Å²) in [4.78, 5) is 29.4. The van der Waals surface area contributed by atoms with Crippen LogP contribution in [-0.2, 0) is 9.53 Å². The number of methoxy groups -OCH3 is 1. The third-order valence-corrected chi connectivity index (χ3v) is 6.21. The van der Waals surface area contributed by atoms with Crippen LogP contribution in [-0.4, -0.2) is 45.7 Å². The first-order valence-electron chi connectivity index (χ1n) is 10.9. The molecule has 1 aliphatic heterocycles. The molecule has 2 N–H and O–H groups in total. The number of hydrogen-bond donors (Lipinski definition) is 2. The zero-order valence-corrected chi connectivity index (χ0v) is 19.7. The number of benzene rings is 1. The minimum Gasteiger partial charge on any atom is -0.478 e. The summed E-state index contributed by atoms with van der Waals surface area (Å²) in [5.41, 5.74) is 2.67. The van der Waals surface area contributed by atoms with Crippen molar-refractivity contribution in [2.24, 2.45) is 0 Å². The van der Waals surface area contributed by atoms with Crippen LogP contribution in [0.2, 0.25) is 0 Å². The zero-order chi connectivity index (χ0) is 24.2. The molecule has 1 aromatic carbocycles.